The molecule has 0 fully saturated rings. The van der Waals surface area contributed by atoms with E-state index in [1.807, 2.05) is 0 Å². The predicted molar refractivity (Wildman–Crippen MR) is 379 cm³/mol. The number of hydrogen-bond acceptors (Lipinski definition) is 0. The fourth-order valence-electron chi connectivity index (χ4n) is 15.2. The minimum atomic E-state index is -1.00. The normalized spacial score (nSPS) is 11.6. The maximum atomic E-state index is 7.95. The van der Waals surface area contributed by atoms with E-state index in [-0.39, 0.29) is 0 Å². The van der Waals surface area contributed by atoms with Crippen molar-refractivity contribution in [1.29, 1.82) is 0 Å². The first-order valence-corrected chi connectivity index (χ1v) is 28.6. The van der Waals surface area contributed by atoms with Crippen LogP contribution in [0.2, 0.25) is 0 Å². The van der Waals surface area contributed by atoms with Gasteiger partial charge in [0.25, 0.3) is 0 Å². The molecule has 0 N–H and O–H groups in total. The Labute approximate surface area is 500 Å². The molecule has 0 atom stereocenters. The second-order valence-corrected chi connectivity index (χ2v) is 24.4. The van der Waals surface area contributed by atoms with Crippen molar-refractivity contribution in [2.75, 3.05) is 0 Å². The summed E-state index contributed by atoms with van der Waals surface area (Å²) in [5.41, 5.74) is 36.7. The minimum Gasteiger partial charge on any atom is -0.103 e. The van der Waals surface area contributed by atoms with Gasteiger partial charge >= 0.3 is 0 Å². The van der Waals surface area contributed by atoms with Gasteiger partial charge in [0.2, 0.25) is 0 Å². The molecule has 22 radical (unpaired) electrons. The molecule has 0 aliphatic heterocycles. The van der Waals surface area contributed by atoms with Gasteiger partial charge in [0.1, 0.15) is 7.85 Å². The number of rotatable bonds is 11. The Balaban J connectivity index is 1.83. The predicted octanol–water partition coefficient (Wildman–Crippen LogP) is 7.93. The van der Waals surface area contributed by atoms with Crippen LogP contribution in [0.1, 0.15) is 122 Å². The Bertz CT molecular complexity index is 3980. The van der Waals surface area contributed by atoms with Crippen LogP contribution in [0, 0.1) is 152 Å². The lowest BCUT2D eigenvalue weighted by Crippen LogP contribution is -2.72. The molecule has 368 valence electrons. The summed E-state index contributed by atoms with van der Waals surface area (Å²) >= 11 is 0. The zero-order chi connectivity index (χ0) is 60.0. The third-order valence-corrected chi connectivity index (χ3v) is 20.9. The number of aryl methyl sites for hydroxylation is 10. The van der Waals surface area contributed by atoms with E-state index in [9.17, 15) is 0 Å². The first-order valence-electron chi connectivity index (χ1n) is 28.6. The molecule has 18 heteroatoms. The quantitative estimate of drug-likeness (QED) is 0.0914. The van der Waals surface area contributed by atoms with Crippen LogP contribution in [-0.4, -0.2) is 130 Å². The molecule has 0 aliphatic carbocycles. The number of hydrogen-bond donors (Lipinski definition) is 0. The van der Waals surface area contributed by atoms with Gasteiger partial charge in [-0.15, -0.1) is 5.46 Å². The second kappa shape index (κ2) is 22.2. The molecule has 8 aromatic rings. The van der Waals surface area contributed by atoms with Crippen LogP contribution >= 0.6 is 0 Å². The van der Waals surface area contributed by atoms with E-state index >= 15 is 0 Å². The van der Waals surface area contributed by atoms with E-state index in [1.54, 1.807) is 7.17 Å². The highest BCUT2D eigenvalue weighted by molar-refractivity contribution is 7.89. The molecule has 80 heavy (non-hydrogen) atoms. The lowest BCUT2D eigenvalue weighted by Gasteiger charge is -2.37. The molecule has 0 aliphatic rings. The van der Waals surface area contributed by atoms with Crippen LogP contribution < -0.4 is 21.9 Å². The van der Waals surface area contributed by atoms with Crippen molar-refractivity contribution < 1.29 is 0 Å². The Morgan fingerprint density at radius 1 is 0.250 bits per heavy atom. The summed E-state index contributed by atoms with van der Waals surface area (Å²) < 4.78 is 0. The molecule has 0 nitrogen and oxygen atoms in total. The maximum Gasteiger partial charge on any atom is 0.113 e. The van der Waals surface area contributed by atoms with Gasteiger partial charge in [-0.25, -0.2) is 0 Å². The highest BCUT2D eigenvalue weighted by Crippen LogP contribution is 2.55. The molecule has 0 amide bonds. The van der Waals surface area contributed by atoms with Crippen LogP contribution in [-0.2, 0) is 0 Å². The lowest BCUT2D eigenvalue weighted by molar-refractivity contribution is 1.17. The van der Waals surface area contributed by atoms with Gasteiger partial charge < -0.3 is 0 Å². The van der Waals surface area contributed by atoms with Gasteiger partial charge in [-0.2, -0.15) is 0 Å². The Morgan fingerprint density at radius 2 is 0.512 bits per heavy atom. The van der Waals surface area contributed by atoms with Gasteiger partial charge in [0.05, 0.1) is 20.2 Å². The molecule has 8 aromatic carbocycles. The van der Waals surface area contributed by atoms with Gasteiger partial charge in [0.15, 0.2) is 0 Å². The summed E-state index contributed by atoms with van der Waals surface area (Å²) in [6, 6.07) is 0. The van der Waals surface area contributed by atoms with Crippen LogP contribution in [0.3, 0.4) is 0 Å². The van der Waals surface area contributed by atoms with Crippen molar-refractivity contribution in [1.82, 2.24) is 0 Å². The summed E-state index contributed by atoms with van der Waals surface area (Å²) in [7, 11) is 71.9. The van der Waals surface area contributed by atoms with Crippen LogP contribution in [0.4, 0.5) is 0 Å². The molecular formula is C62H66B18. The molecule has 0 aromatic heterocycles. The van der Waals surface area contributed by atoms with Gasteiger partial charge in [-0.3, -0.25) is 0 Å². The van der Waals surface area contributed by atoms with Crippen molar-refractivity contribution in [3.63, 3.8) is 0 Å². The molecule has 0 heterocycles. The van der Waals surface area contributed by atoms with E-state index in [1.165, 1.54) is 162 Å². The first kappa shape index (κ1) is 62.0. The van der Waals surface area contributed by atoms with Crippen molar-refractivity contribution in [3.05, 3.63) is 122 Å². The van der Waals surface area contributed by atoms with Crippen molar-refractivity contribution in [3.8, 4) is 33.4 Å². The van der Waals surface area contributed by atoms with E-state index in [0.717, 1.165) is 38.6 Å². The van der Waals surface area contributed by atoms with Crippen molar-refractivity contribution >= 4 is 195 Å². The molecule has 8 rings (SSSR count). The zero-order valence-corrected chi connectivity index (χ0v) is 52.4. The van der Waals surface area contributed by atoms with E-state index in [2.05, 4.69) is 152 Å². The smallest absolute Gasteiger partial charge is 0.103 e. The maximum absolute atomic E-state index is 7.95. The topological polar surface area (TPSA) is 0 Å². The van der Waals surface area contributed by atoms with Crippen LogP contribution in [0.15, 0.2) is 0 Å². The summed E-state index contributed by atoms with van der Waals surface area (Å²) in [5.74, 6) is 0. The van der Waals surface area contributed by atoms with Gasteiger partial charge in [-0.1, -0.05) is 22.0 Å². The number of benzene rings is 8. The van der Waals surface area contributed by atoms with Gasteiger partial charge in [0, 0.05) is 102 Å². The summed E-state index contributed by atoms with van der Waals surface area (Å²) in [4.78, 5) is 0. The molecule has 0 spiro atoms. The average molecular weight is 1010 g/mol. The van der Waals surface area contributed by atoms with E-state index in [4.69, 9.17) is 77.5 Å². The number of fused-ring (bicyclic) bond motifs is 4. The molecular weight excluding hydrogens is 939 g/mol. The molecule has 0 saturated heterocycles. The SMILES string of the molecule is [B][B]B([B])B(B([B])[B])c1c(B(B([B])[B])B([B])[B])c(C)c(C)c2c(C)c(-c3c4c(C)c(C)c(C)c(C)c4c(-c4c(C)c(C)c5c(C)c(C)c(C)c(C)c5c4C)c4c(C)c(C)c(-c5c(C)c(C)c(C)c(C)c5C)c(C)c34)c([B][B])c([B])c12. The average Bonchev–Trinajstić information content (AvgIpc) is 2.56. The molecule has 0 saturated carbocycles. The first-order chi connectivity index (χ1) is 37.2. The van der Waals surface area contributed by atoms with E-state index in [0.29, 0.717) is 27.2 Å². The largest absolute Gasteiger partial charge is 0.113 e. The van der Waals surface area contributed by atoms with Crippen molar-refractivity contribution in [2.24, 2.45) is 0 Å². The third-order valence-electron chi connectivity index (χ3n) is 20.9. The standard InChI is InChI=1S/C62H66B18/c1-23-24(2)30(8)45(31(9)25(23)3)48-38(16)39(17)53-54(43(48)21)57(52-35(13)29(7)28(6)34(12)51(52)56(53)49-37(15)36(14)46-32(10)26(4)27(5)33(11)47(46)42(49)20)55-44(22)50-40(18)41(19)61(75(77(66)67)78(68)69)62(58(50)59(63)60(55)73-64)76(79(70)71)80(72)74-65/h1-22H3. The Hall–Kier alpha value is -4.03. The second-order valence-electron chi connectivity index (χ2n) is 24.4. The minimum absolute atomic E-state index is 0.433. The van der Waals surface area contributed by atoms with E-state index < -0.39 is 38.5 Å². The highest BCUT2D eigenvalue weighted by Gasteiger charge is 2.39. The van der Waals surface area contributed by atoms with Gasteiger partial charge in [-0.05, 0) is 346 Å². The lowest BCUT2D eigenvalue weighted by atomic mass is 8.67. The monoisotopic (exact) mass is 1010 g/mol. The summed E-state index contributed by atoms with van der Waals surface area (Å²) in [5, 5.41) is 9.07. The molecule has 0 unspecified atom stereocenters. The molecule has 0 bridgehead atoms. The Kier molecular flexibility index (Phi) is 17.2. The fourth-order valence-corrected chi connectivity index (χ4v) is 15.2. The highest BCUT2D eigenvalue weighted by atomic mass is 14.4. The zero-order valence-electron chi connectivity index (χ0n) is 52.4. The third kappa shape index (κ3) is 8.77. The van der Waals surface area contributed by atoms with Crippen molar-refractivity contribution in [2.45, 2.75) is 152 Å². The fraction of sp³-hybridized carbons (Fsp3) is 0.355. The van der Waals surface area contributed by atoms with Crippen LogP contribution in [0.5, 0.6) is 0 Å². The summed E-state index contributed by atoms with van der Waals surface area (Å²) in [6.45, 7) is 48.7. The summed E-state index contributed by atoms with van der Waals surface area (Å²) in [6.07, 6.45) is -3.75. The Morgan fingerprint density at radius 3 is 0.925 bits per heavy atom. The van der Waals surface area contributed by atoms with Crippen LogP contribution in [0.25, 0.3) is 76.5 Å².